The molecule has 1 heterocycles. The van der Waals surface area contributed by atoms with Gasteiger partial charge < -0.3 is 34.3 Å². The van der Waals surface area contributed by atoms with Crippen LogP contribution in [0.25, 0.3) is 0 Å². The van der Waals surface area contributed by atoms with Crippen LogP contribution in [0.5, 0.6) is 5.75 Å². The quantitative estimate of drug-likeness (QED) is 0.490. The summed E-state index contributed by atoms with van der Waals surface area (Å²) in [5.74, 6) is -0.0285. The second kappa shape index (κ2) is 10.0. The molecule has 4 atom stereocenters. The van der Waals surface area contributed by atoms with Crippen molar-refractivity contribution < 1.29 is 43.9 Å². The molecule has 1 fully saturated rings. The Hall–Kier alpha value is -2.40. The lowest BCUT2D eigenvalue weighted by Crippen LogP contribution is -2.54. The lowest BCUT2D eigenvalue weighted by atomic mass is 9.97. The van der Waals surface area contributed by atoms with Crippen molar-refractivity contribution in [1.82, 2.24) is 0 Å². The average Bonchev–Trinajstić information content (AvgIpc) is 2.66. The molecule has 0 aromatic heterocycles. The summed E-state index contributed by atoms with van der Waals surface area (Å²) in [6.07, 6.45) is -6.79. The van der Waals surface area contributed by atoms with E-state index in [-0.39, 0.29) is 24.9 Å². The van der Waals surface area contributed by atoms with Crippen LogP contribution in [0.1, 0.15) is 47.1 Å². The van der Waals surface area contributed by atoms with Gasteiger partial charge in [-0.25, -0.2) is 4.79 Å². The summed E-state index contributed by atoms with van der Waals surface area (Å²) in [6, 6.07) is 4.87. The van der Waals surface area contributed by atoms with E-state index < -0.39 is 41.7 Å². The standard InChI is InChI=1S/C22H33NO9/c1-21(2,3)19(27)30-10-12-7-8-13(15(9-12)32-22(4,5)6)23-20(28)31-18-17(26)16(25)14(24)11-29-18/h7-9,14,16-18,24-26H,10-11H2,1-6H3,(H,23,28)/t14-,16+,17-,18+/m1/s1. The van der Waals surface area contributed by atoms with E-state index in [1.807, 2.05) is 20.8 Å². The van der Waals surface area contributed by atoms with Crippen molar-refractivity contribution in [2.24, 2.45) is 5.41 Å². The van der Waals surface area contributed by atoms with Gasteiger partial charge in [0.15, 0.2) is 0 Å². The number of aliphatic hydroxyl groups excluding tert-OH is 3. The largest absolute Gasteiger partial charge is 0.486 e. The summed E-state index contributed by atoms with van der Waals surface area (Å²) in [7, 11) is 0. The number of hydrogen-bond donors (Lipinski definition) is 4. The third-order valence-corrected chi connectivity index (χ3v) is 4.36. The highest BCUT2D eigenvalue weighted by atomic mass is 16.7. The topological polar surface area (TPSA) is 144 Å². The third kappa shape index (κ3) is 7.33. The molecule has 10 nitrogen and oxygen atoms in total. The zero-order chi connectivity index (χ0) is 24.3. The van der Waals surface area contributed by atoms with Crippen LogP contribution >= 0.6 is 0 Å². The Labute approximate surface area is 187 Å². The van der Waals surface area contributed by atoms with Crippen molar-refractivity contribution in [1.29, 1.82) is 0 Å². The smallest absolute Gasteiger partial charge is 0.414 e. The van der Waals surface area contributed by atoms with Gasteiger partial charge in [0, 0.05) is 0 Å². The molecule has 10 heteroatoms. The van der Waals surface area contributed by atoms with Crippen molar-refractivity contribution >= 4 is 17.7 Å². The van der Waals surface area contributed by atoms with Crippen LogP contribution in [0.3, 0.4) is 0 Å². The van der Waals surface area contributed by atoms with Gasteiger partial charge in [0.05, 0.1) is 17.7 Å². The summed E-state index contributed by atoms with van der Waals surface area (Å²) in [6.45, 7) is 10.5. The summed E-state index contributed by atoms with van der Waals surface area (Å²) in [5.41, 5.74) is -0.291. The molecular weight excluding hydrogens is 422 g/mol. The van der Waals surface area contributed by atoms with E-state index in [9.17, 15) is 24.9 Å². The fraction of sp³-hybridized carbons (Fsp3) is 0.636. The van der Waals surface area contributed by atoms with E-state index >= 15 is 0 Å². The van der Waals surface area contributed by atoms with Crippen molar-refractivity contribution in [2.45, 2.75) is 78.4 Å². The van der Waals surface area contributed by atoms with Gasteiger partial charge in [-0.3, -0.25) is 10.1 Å². The first-order valence-electron chi connectivity index (χ1n) is 10.3. The Balaban J connectivity index is 2.12. The minimum absolute atomic E-state index is 0.0314. The zero-order valence-electron chi connectivity index (χ0n) is 19.2. The minimum atomic E-state index is -1.60. The first kappa shape index (κ1) is 25.9. The molecule has 1 aromatic rings. The number of anilines is 1. The maximum Gasteiger partial charge on any atom is 0.414 e. The molecule has 0 saturated carbocycles. The summed E-state index contributed by atoms with van der Waals surface area (Å²) in [4.78, 5) is 24.4. The van der Waals surface area contributed by atoms with E-state index in [1.54, 1.807) is 39.0 Å². The highest BCUT2D eigenvalue weighted by molar-refractivity contribution is 5.87. The lowest BCUT2D eigenvalue weighted by Gasteiger charge is -2.34. The number of esters is 1. The van der Waals surface area contributed by atoms with Crippen LogP contribution in [0, 0.1) is 5.41 Å². The predicted octanol–water partition coefficient (Wildman–Crippen LogP) is 1.94. The molecule has 0 radical (unpaired) electrons. The predicted molar refractivity (Wildman–Crippen MR) is 114 cm³/mol. The van der Waals surface area contributed by atoms with Crippen LogP contribution in [-0.4, -0.2) is 64.2 Å². The maximum atomic E-state index is 12.3. The molecule has 1 amide bonds. The Morgan fingerprint density at radius 2 is 1.75 bits per heavy atom. The Morgan fingerprint density at radius 1 is 1.09 bits per heavy atom. The Morgan fingerprint density at radius 3 is 2.34 bits per heavy atom. The molecular formula is C22H33NO9. The van der Waals surface area contributed by atoms with E-state index in [4.69, 9.17) is 18.9 Å². The molecule has 1 aliphatic heterocycles. The maximum absolute atomic E-state index is 12.3. The molecule has 180 valence electrons. The number of benzene rings is 1. The van der Waals surface area contributed by atoms with Crippen LogP contribution in [0.15, 0.2) is 18.2 Å². The Kier molecular flexibility index (Phi) is 8.11. The van der Waals surface area contributed by atoms with E-state index in [1.165, 1.54) is 0 Å². The average molecular weight is 456 g/mol. The van der Waals surface area contributed by atoms with Crippen LogP contribution in [-0.2, 0) is 25.6 Å². The number of carbonyl (C=O) groups is 2. The third-order valence-electron chi connectivity index (χ3n) is 4.36. The number of rotatable bonds is 5. The molecule has 4 N–H and O–H groups in total. The van der Waals surface area contributed by atoms with Crippen molar-refractivity contribution in [3.05, 3.63) is 23.8 Å². The van der Waals surface area contributed by atoms with Gasteiger partial charge in [-0.1, -0.05) is 6.07 Å². The van der Waals surface area contributed by atoms with Crippen molar-refractivity contribution in [2.75, 3.05) is 11.9 Å². The first-order valence-corrected chi connectivity index (χ1v) is 10.3. The summed E-state index contributed by atoms with van der Waals surface area (Å²) < 4.78 is 21.4. The minimum Gasteiger partial charge on any atom is -0.486 e. The fourth-order valence-corrected chi connectivity index (χ4v) is 2.67. The van der Waals surface area contributed by atoms with Crippen LogP contribution < -0.4 is 10.1 Å². The lowest BCUT2D eigenvalue weighted by molar-refractivity contribution is -0.249. The number of ether oxygens (including phenoxy) is 4. The Bertz CT molecular complexity index is 813. The van der Waals surface area contributed by atoms with Gasteiger partial charge in [0.25, 0.3) is 0 Å². The molecule has 0 bridgehead atoms. The van der Waals surface area contributed by atoms with Gasteiger partial charge in [0.1, 0.15) is 36.3 Å². The SMILES string of the molecule is CC(C)(C)Oc1cc(COC(=O)C(C)(C)C)ccc1NC(=O)O[C@@H]1OC[C@@H](O)[C@H](O)[C@H]1O. The molecule has 1 aromatic carbocycles. The highest BCUT2D eigenvalue weighted by Crippen LogP contribution is 2.30. The highest BCUT2D eigenvalue weighted by Gasteiger charge is 2.40. The van der Waals surface area contributed by atoms with Gasteiger partial charge in [-0.15, -0.1) is 0 Å². The van der Waals surface area contributed by atoms with Crippen molar-refractivity contribution in [3.63, 3.8) is 0 Å². The molecule has 0 unspecified atom stereocenters. The number of hydrogen-bond acceptors (Lipinski definition) is 9. The normalized spacial score (nSPS) is 23.9. The fourth-order valence-electron chi connectivity index (χ4n) is 2.67. The number of aliphatic hydroxyl groups is 3. The second-order valence-corrected chi connectivity index (χ2v) is 9.65. The van der Waals surface area contributed by atoms with E-state index in [2.05, 4.69) is 5.32 Å². The zero-order valence-corrected chi connectivity index (χ0v) is 19.2. The molecule has 0 aliphatic carbocycles. The second-order valence-electron chi connectivity index (χ2n) is 9.65. The number of nitrogens with one attached hydrogen (secondary N) is 1. The van der Waals surface area contributed by atoms with Gasteiger partial charge >= 0.3 is 12.1 Å². The van der Waals surface area contributed by atoms with Crippen LogP contribution in [0.4, 0.5) is 10.5 Å². The molecule has 1 saturated heterocycles. The molecule has 2 rings (SSSR count). The van der Waals surface area contributed by atoms with E-state index in [0.717, 1.165) is 0 Å². The number of carbonyl (C=O) groups excluding carboxylic acids is 2. The van der Waals surface area contributed by atoms with Gasteiger partial charge in [-0.05, 0) is 59.2 Å². The monoisotopic (exact) mass is 455 g/mol. The molecule has 32 heavy (non-hydrogen) atoms. The molecule has 0 spiro atoms. The number of amides is 1. The first-order chi connectivity index (χ1) is 14.7. The van der Waals surface area contributed by atoms with Gasteiger partial charge in [-0.2, -0.15) is 0 Å². The van der Waals surface area contributed by atoms with Crippen LogP contribution in [0.2, 0.25) is 0 Å². The summed E-state index contributed by atoms with van der Waals surface area (Å²) in [5, 5.41) is 31.6. The van der Waals surface area contributed by atoms with Crippen molar-refractivity contribution in [3.8, 4) is 5.75 Å². The summed E-state index contributed by atoms with van der Waals surface area (Å²) >= 11 is 0. The molecule has 1 aliphatic rings. The van der Waals surface area contributed by atoms with E-state index in [0.29, 0.717) is 11.3 Å². The van der Waals surface area contributed by atoms with Gasteiger partial charge in [0.2, 0.25) is 6.29 Å².